The monoisotopic (exact) mass is 343 g/mol. The van der Waals surface area contributed by atoms with Crippen molar-refractivity contribution in [2.45, 2.75) is 25.5 Å². The highest BCUT2D eigenvalue weighted by Crippen LogP contribution is 2.23. The SMILES string of the molecule is CN(C)c1cccc(C2CN(C(=O)CCCn3cccn3)CCO2)n1. The van der Waals surface area contributed by atoms with Crippen LogP contribution in [-0.4, -0.2) is 59.4 Å². The van der Waals surface area contributed by atoms with Gasteiger partial charge in [-0.2, -0.15) is 5.10 Å². The van der Waals surface area contributed by atoms with Gasteiger partial charge in [-0.15, -0.1) is 0 Å². The van der Waals surface area contributed by atoms with Gasteiger partial charge in [-0.3, -0.25) is 9.48 Å². The zero-order valence-electron chi connectivity index (χ0n) is 14.8. The summed E-state index contributed by atoms with van der Waals surface area (Å²) in [6.07, 6.45) is 4.82. The molecule has 2 aromatic heterocycles. The first-order valence-corrected chi connectivity index (χ1v) is 8.64. The van der Waals surface area contributed by atoms with Crippen LogP contribution in [0.15, 0.2) is 36.7 Å². The zero-order chi connectivity index (χ0) is 17.6. The van der Waals surface area contributed by atoms with Gasteiger partial charge < -0.3 is 14.5 Å². The number of pyridine rings is 1. The van der Waals surface area contributed by atoms with Gasteiger partial charge >= 0.3 is 0 Å². The maximum atomic E-state index is 12.5. The first-order valence-electron chi connectivity index (χ1n) is 8.64. The standard InChI is InChI=1S/C18H25N5O2/c1-21(2)17-7-3-6-15(20-17)16-14-22(12-13-25-16)18(24)8-4-10-23-11-5-9-19-23/h3,5-7,9,11,16H,4,8,10,12-14H2,1-2H3. The molecule has 7 nitrogen and oxygen atoms in total. The number of anilines is 1. The van der Waals surface area contributed by atoms with Crippen LogP contribution >= 0.6 is 0 Å². The first kappa shape index (κ1) is 17.4. The molecule has 1 amide bonds. The van der Waals surface area contributed by atoms with Gasteiger partial charge in [0.05, 0.1) is 18.8 Å². The minimum absolute atomic E-state index is 0.163. The van der Waals surface area contributed by atoms with E-state index < -0.39 is 0 Å². The Hall–Kier alpha value is -2.41. The molecule has 1 aliphatic rings. The quantitative estimate of drug-likeness (QED) is 0.799. The average molecular weight is 343 g/mol. The second-order valence-electron chi connectivity index (χ2n) is 6.39. The number of aromatic nitrogens is 3. The van der Waals surface area contributed by atoms with Crippen LogP contribution in [0.1, 0.15) is 24.6 Å². The fourth-order valence-electron chi connectivity index (χ4n) is 2.91. The lowest BCUT2D eigenvalue weighted by molar-refractivity contribution is -0.139. The van der Waals surface area contributed by atoms with E-state index in [-0.39, 0.29) is 12.0 Å². The lowest BCUT2D eigenvalue weighted by Gasteiger charge is -2.33. The van der Waals surface area contributed by atoms with E-state index in [4.69, 9.17) is 4.74 Å². The van der Waals surface area contributed by atoms with Gasteiger partial charge in [0.1, 0.15) is 11.9 Å². The van der Waals surface area contributed by atoms with Crippen LogP contribution in [-0.2, 0) is 16.1 Å². The summed E-state index contributed by atoms with van der Waals surface area (Å²) in [5, 5.41) is 4.16. The first-order chi connectivity index (χ1) is 12.1. The van der Waals surface area contributed by atoms with Crippen LogP contribution in [0, 0.1) is 0 Å². The average Bonchev–Trinajstić information content (AvgIpc) is 3.15. The molecule has 2 aromatic rings. The Balaban J connectivity index is 1.55. The van der Waals surface area contributed by atoms with Crippen molar-refractivity contribution in [2.24, 2.45) is 0 Å². The molecular weight excluding hydrogens is 318 g/mol. The van der Waals surface area contributed by atoms with Crippen LogP contribution in [0.4, 0.5) is 5.82 Å². The zero-order valence-corrected chi connectivity index (χ0v) is 14.8. The summed E-state index contributed by atoms with van der Waals surface area (Å²) in [5.74, 6) is 1.06. The summed E-state index contributed by atoms with van der Waals surface area (Å²) in [6, 6.07) is 7.79. The van der Waals surface area contributed by atoms with Crippen LogP contribution in [0.2, 0.25) is 0 Å². The van der Waals surface area contributed by atoms with Crippen molar-refractivity contribution in [1.82, 2.24) is 19.7 Å². The number of rotatable bonds is 6. The van der Waals surface area contributed by atoms with Gasteiger partial charge in [-0.05, 0) is 24.6 Å². The molecule has 3 rings (SSSR count). The van der Waals surface area contributed by atoms with Gasteiger partial charge in [-0.25, -0.2) is 4.98 Å². The summed E-state index contributed by atoms with van der Waals surface area (Å²) in [6.45, 7) is 2.51. The molecule has 1 aliphatic heterocycles. The van der Waals surface area contributed by atoms with Gasteiger partial charge in [-0.1, -0.05) is 6.07 Å². The Kier molecular flexibility index (Phi) is 5.65. The molecule has 1 unspecified atom stereocenters. The highest BCUT2D eigenvalue weighted by Gasteiger charge is 2.26. The Morgan fingerprint density at radius 3 is 3.00 bits per heavy atom. The summed E-state index contributed by atoms with van der Waals surface area (Å²) < 4.78 is 7.71. The number of nitrogens with zero attached hydrogens (tertiary/aromatic N) is 5. The molecule has 1 atom stereocenters. The second kappa shape index (κ2) is 8.11. The highest BCUT2D eigenvalue weighted by molar-refractivity contribution is 5.76. The van der Waals surface area contributed by atoms with Gasteiger partial charge in [0.15, 0.2) is 0 Å². The van der Waals surface area contributed by atoms with Crippen LogP contribution in [0.5, 0.6) is 0 Å². The summed E-state index contributed by atoms with van der Waals surface area (Å²) in [7, 11) is 3.92. The van der Waals surface area contributed by atoms with Crippen molar-refractivity contribution >= 4 is 11.7 Å². The number of morpholine rings is 1. The molecule has 0 saturated carbocycles. The van der Waals surface area contributed by atoms with Crippen LogP contribution < -0.4 is 4.90 Å². The van der Waals surface area contributed by atoms with Crippen molar-refractivity contribution in [3.63, 3.8) is 0 Å². The largest absolute Gasteiger partial charge is 0.368 e. The molecule has 0 bridgehead atoms. The van der Waals surface area contributed by atoms with E-state index in [1.807, 2.05) is 59.0 Å². The highest BCUT2D eigenvalue weighted by atomic mass is 16.5. The van der Waals surface area contributed by atoms with Crippen LogP contribution in [0.25, 0.3) is 0 Å². The van der Waals surface area contributed by atoms with Crippen molar-refractivity contribution in [1.29, 1.82) is 0 Å². The van der Waals surface area contributed by atoms with Gasteiger partial charge in [0.25, 0.3) is 0 Å². The molecule has 7 heteroatoms. The van der Waals surface area contributed by atoms with Gasteiger partial charge in [0.2, 0.25) is 5.91 Å². The fraction of sp³-hybridized carbons (Fsp3) is 0.500. The van der Waals surface area contributed by atoms with Crippen molar-refractivity contribution < 1.29 is 9.53 Å². The lowest BCUT2D eigenvalue weighted by atomic mass is 10.1. The van der Waals surface area contributed by atoms with E-state index in [2.05, 4.69) is 10.1 Å². The minimum Gasteiger partial charge on any atom is -0.368 e. The third-order valence-corrected chi connectivity index (χ3v) is 4.30. The number of carbonyl (C=O) groups excluding carboxylic acids is 1. The number of hydrogen-bond acceptors (Lipinski definition) is 5. The normalized spacial score (nSPS) is 17.5. The molecule has 0 N–H and O–H groups in total. The molecule has 1 fully saturated rings. The maximum Gasteiger partial charge on any atom is 0.222 e. The lowest BCUT2D eigenvalue weighted by Crippen LogP contribution is -2.42. The molecule has 1 saturated heterocycles. The molecule has 3 heterocycles. The predicted octanol–water partition coefficient (Wildman–Crippen LogP) is 1.72. The maximum absolute atomic E-state index is 12.5. The van der Waals surface area contributed by atoms with E-state index >= 15 is 0 Å². The van der Waals surface area contributed by atoms with E-state index in [0.29, 0.717) is 26.1 Å². The van der Waals surface area contributed by atoms with E-state index in [1.165, 1.54) is 0 Å². The molecule has 0 aliphatic carbocycles. The number of aryl methyl sites for hydroxylation is 1. The van der Waals surface area contributed by atoms with Crippen molar-refractivity contribution in [3.8, 4) is 0 Å². The predicted molar refractivity (Wildman–Crippen MR) is 95.3 cm³/mol. The molecule has 0 radical (unpaired) electrons. The second-order valence-corrected chi connectivity index (χ2v) is 6.39. The molecule has 0 aromatic carbocycles. The number of ether oxygens (including phenoxy) is 1. The van der Waals surface area contributed by atoms with Crippen molar-refractivity contribution in [3.05, 3.63) is 42.4 Å². The van der Waals surface area contributed by atoms with Crippen LogP contribution in [0.3, 0.4) is 0 Å². The number of carbonyl (C=O) groups is 1. The smallest absolute Gasteiger partial charge is 0.222 e. The summed E-state index contributed by atoms with van der Waals surface area (Å²) >= 11 is 0. The minimum atomic E-state index is -0.163. The fourth-order valence-corrected chi connectivity index (χ4v) is 2.91. The van der Waals surface area contributed by atoms with E-state index in [0.717, 1.165) is 24.5 Å². The third kappa shape index (κ3) is 4.57. The Bertz CT molecular complexity index is 687. The third-order valence-electron chi connectivity index (χ3n) is 4.30. The molecule has 134 valence electrons. The Labute approximate surface area is 148 Å². The number of hydrogen-bond donors (Lipinski definition) is 0. The molecule has 0 spiro atoms. The molecule has 25 heavy (non-hydrogen) atoms. The molecular formula is C18H25N5O2. The Morgan fingerprint density at radius 2 is 2.24 bits per heavy atom. The van der Waals surface area contributed by atoms with Crippen molar-refractivity contribution in [2.75, 3.05) is 38.7 Å². The van der Waals surface area contributed by atoms with Gasteiger partial charge in [0, 0.05) is 46.0 Å². The topological polar surface area (TPSA) is 63.5 Å². The summed E-state index contributed by atoms with van der Waals surface area (Å²) in [5.41, 5.74) is 0.875. The van der Waals surface area contributed by atoms with E-state index in [1.54, 1.807) is 6.20 Å². The van der Waals surface area contributed by atoms with E-state index in [9.17, 15) is 4.79 Å². The summed E-state index contributed by atoms with van der Waals surface area (Å²) in [4.78, 5) is 21.0. The number of amides is 1. The Morgan fingerprint density at radius 1 is 1.36 bits per heavy atom.